The minimum absolute atomic E-state index is 0.365. The van der Waals surface area contributed by atoms with E-state index < -0.39 is 0 Å². The molecule has 0 radical (unpaired) electrons. The van der Waals surface area contributed by atoms with E-state index in [-0.39, 0.29) is 0 Å². The molecule has 0 aliphatic rings. The number of nitrogens with zero attached hydrogens (tertiary/aromatic N) is 1. The average Bonchev–Trinajstić information content (AvgIpc) is 2.64. The molecular formula is C23H40ClN. The molecule has 144 valence electrons. The first-order valence-electron chi connectivity index (χ1n) is 10.8. The maximum atomic E-state index is 6.72. The zero-order chi connectivity index (χ0) is 18.2. The fraction of sp³-hybridized carbons (Fsp3) is 0.739. The molecule has 2 heteroatoms. The van der Waals surface area contributed by atoms with Gasteiger partial charge in [0.25, 0.3) is 0 Å². The van der Waals surface area contributed by atoms with Crippen LogP contribution in [0.3, 0.4) is 0 Å². The van der Waals surface area contributed by atoms with Crippen LogP contribution >= 0.6 is 11.8 Å². The summed E-state index contributed by atoms with van der Waals surface area (Å²) < 4.78 is 2.08. The number of halogens is 1. The normalized spacial score (nSPS) is 12.6. The van der Waals surface area contributed by atoms with Gasteiger partial charge in [-0.15, -0.1) is 0 Å². The first-order valence-corrected chi connectivity index (χ1v) is 11.1. The Morgan fingerprint density at radius 1 is 0.720 bits per heavy atom. The van der Waals surface area contributed by atoms with E-state index >= 15 is 0 Å². The molecule has 1 aromatic carbocycles. The van der Waals surface area contributed by atoms with E-state index in [2.05, 4.69) is 48.6 Å². The Bertz CT molecular complexity index is 392. The lowest BCUT2D eigenvalue weighted by Crippen LogP contribution is -2.21. The molecule has 1 unspecified atom stereocenters. The Hall–Kier alpha value is -0.530. The van der Waals surface area contributed by atoms with Gasteiger partial charge in [-0.05, 0) is 30.2 Å². The monoisotopic (exact) mass is 365 g/mol. The van der Waals surface area contributed by atoms with E-state index in [4.69, 9.17) is 11.8 Å². The van der Waals surface area contributed by atoms with Gasteiger partial charge in [0.1, 0.15) is 0 Å². The highest BCUT2D eigenvalue weighted by Gasteiger charge is 2.18. The lowest BCUT2D eigenvalue weighted by atomic mass is 9.99. The van der Waals surface area contributed by atoms with E-state index in [0.29, 0.717) is 6.04 Å². The van der Waals surface area contributed by atoms with E-state index in [1.807, 2.05) is 0 Å². The van der Waals surface area contributed by atoms with Gasteiger partial charge >= 0.3 is 0 Å². The fourth-order valence-corrected chi connectivity index (χ4v) is 3.79. The van der Waals surface area contributed by atoms with Crippen molar-refractivity contribution < 1.29 is 0 Å². The number of rotatable bonds is 16. The SMILES string of the molecule is CCCCCCCCC(c1ccccc1)N(Cl)CCCCCCCC. The minimum Gasteiger partial charge on any atom is -0.213 e. The lowest BCUT2D eigenvalue weighted by molar-refractivity contribution is 0.310. The molecule has 0 aliphatic heterocycles. The van der Waals surface area contributed by atoms with Crippen LogP contribution in [0.25, 0.3) is 0 Å². The standard InChI is InChI=1S/C23H40ClN/c1-3-5-7-9-11-16-20-23(22-18-14-13-15-19-22)25(24)21-17-12-10-8-6-4-2/h13-15,18-19,23H,3-12,16-17,20-21H2,1-2H3. The predicted molar refractivity (Wildman–Crippen MR) is 113 cm³/mol. The summed E-state index contributed by atoms with van der Waals surface area (Å²) in [7, 11) is 0. The van der Waals surface area contributed by atoms with Crippen LogP contribution in [-0.4, -0.2) is 11.0 Å². The van der Waals surface area contributed by atoms with Crippen molar-refractivity contribution in [3.63, 3.8) is 0 Å². The van der Waals surface area contributed by atoms with E-state index in [1.54, 1.807) is 0 Å². The van der Waals surface area contributed by atoms with Crippen LogP contribution in [0.2, 0.25) is 0 Å². The van der Waals surface area contributed by atoms with Crippen molar-refractivity contribution in [3.05, 3.63) is 35.9 Å². The Balaban J connectivity index is 2.37. The van der Waals surface area contributed by atoms with Crippen molar-refractivity contribution in [3.8, 4) is 0 Å². The molecule has 1 rings (SSSR count). The summed E-state index contributed by atoms with van der Waals surface area (Å²) in [5.41, 5.74) is 1.37. The highest BCUT2D eigenvalue weighted by Crippen LogP contribution is 2.29. The summed E-state index contributed by atoms with van der Waals surface area (Å²) in [6, 6.07) is 11.2. The van der Waals surface area contributed by atoms with Gasteiger partial charge < -0.3 is 0 Å². The molecule has 1 aromatic rings. The molecule has 0 N–H and O–H groups in total. The van der Waals surface area contributed by atoms with Gasteiger partial charge in [0.15, 0.2) is 0 Å². The molecule has 0 saturated heterocycles. The molecule has 0 bridgehead atoms. The Kier molecular flexibility index (Phi) is 14.1. The third-order valence-electron chi connectivity index (χ3n) is 5.08. The molecule has 0 aromatic heterocycles. The topological polar surface area (TPSA) is 3.24 Å². The second-order valence-electron chi connectivity index (χ2n) is 7.37. The maximum absolute atomic E-state index is 6.72. The number of hydrogen-bond donors (Lipinski definition) is 0. The molecule has 25 heavy (non-hydrogen) atoms. The first-order chi connectivity index (χ1) is 12.3. The van der Waals surface area contributed by atoms with Gasteiger partial charge in [0.2, 0.25) is 0 Å². The first kappa shape index (κ1) is 22.5. The average molecular weight is 366 g/mol. The van der Waals surface area contributed by atoms with Crippen LogP contribution in [0.4, 0.5) is 0 Å². The van der Waals surface area contributed by atoms with Gasteiger partial charge in [-0.3, -0.25) is 0 Å². The number of hydrogen-bond acceptors (Lipinski definition) is 1. The van der Waals surface area contributed by atoms with Crippen molar-refractivity contribution in [1.82, 2.24) is 4.42 Å². The zero-order valence-electron chi connectivity index (χ0n) is 16.7. The molecule has 1 nitrogen and oxygen atoms in total. The quantitative estimate of drug-likeness (QED) is 0.210. The molecule has 0 heterocycles. The molecular weight excluding hydrogens is 326 g/mol. The smallest absolute Gasteiger partial charge is 0.0501 e. The summed E-state index contributed by atoms with van der Waals surface area (Å²) in [4.78, 5) is 0. The van der Waals surface area contributed by atoms with Crippen molar-refractivity contribution in [2.24, 2.45) is 0 Å². The van der Waals surface area contributed by atoms with Crippen molar-refractivity contribution >= 4 is 11.8 Å². The zero-order valence-corrected chi connectivity index (χ0v) is 17.4. The molecule has 0 spiro atoms. The molecule has 1 atom stereocenters. The van der Waals surface area contributed by atoms with Gasteiger partial charge in [0.05, 0.1) is 6.04 Å². The van der Waals surface area contributed by atoms with E-state index in [0.717, 1.165) is 6.54 Å². The highest BCUT2D eigenvalue weighted by atomic mass is 35.5. The summed E-state index contributed by atoms with van der Waals surface area (Å²) in [6.07, 6.45) is 17.2. The summed E-state index contributed by atoms with van der Waals surface area (Å²) in [6.45, 7) is 5.55. The summed E-state index contributed by atoms with van der Waals surface area (Å²) >= 11 is 6.72. The van der Waals surface area contributed by atoms with Crippen LogP contribution < -0.4 is 0 Å². The summed E-state index contributed by atoms with van der Waals surface area (Å²) in [5.74, 6) is 0. The van der Waals surface area contributed by atoms with Crippen molar-refractivity contribution in [1.29, 1.82) is 0 Å². The third-order valence-corrected chi connectivity index (χ3v) is 5.48. The molecule has 0 amide bonds. The summed E-state index contributed by atoms with van der Waals surface area (Å²) in [5, 5.41) is 0. The largest absolute Gasteiger partial charge is 0.213 e. The minimum atomic E-state index is 0.365. The fourth-order valence-electron chi connectivity index (χ4n) is 3.46. The van der Waals surface area contributed by atoms with Crippen molar-refractivity contribution in [2.75, 3.05) is 6.54 Å². The maximum Gasteiger partial charge on any atom is 0.0501 e. The van der Waals surface area contributed by atoms with Crippen LogP contribution in [0.5, 0.6) is 0 Å². The molecule has 0 aliphatic carbocycles. The van der Waals surface area contributed by atoms with Crippen LogP contribution in [0.15, 0.2) is 30.3 Å². The van der Waals surface area contributed by atoms with Gasteiger partial charge in [0, 0.05) is 6.54 Å². The highest BCUT2D eigenvalue weighted by molar-refractivity contribution is 6.13. The predicted octanol–water partition coefficient (Wildman–Crippen LogP) is 8.29. The van der Waals surface area contributed by atoms with Crippen molar-refractivity contribution in [2.45, 2.75) is 103 Å². The van der Waals surface area contributed by atoms with Gasteiger partial charge in [-0.2, -0.15) is 0 Å². The Morgan fingerprint density at radius 2 is 1.24 bits per heavy atom. The third kappa shape index (κ3) is 10.9. The van der Waals surface area contributed by atoms with Gasteiger partial charge in [-0.1, -0.05) is 115 Å². The number of benzene rings is 1. The van der Waals surface area contributed by atoms with E-state index in [9.17, 15) is 0 Å². The van der Waals surface area contributed by atoms with E-state index in [1.165, 1.54) is 89.0 Å². The Morgan fingerprint density at radius 3 is 1.84 bits per heavy atom. The van der Waals surface area contributed by atoms with Crippen LogP contribution in [0, 0.1) is 0 Å². The van der Waals surface area contributed by atoms with Gasteiger partial charge in [-0.25, -0.2) is 4.42 Å². The second-order valence-corrected chi connectivity index (χ2v) is 7.81. The number of unbranched alkanes of at least 4 members (excludes halogenated alkanes) is 10. The molecule has 0 saturated carbocycles. The Labute approximate surface area is 162 Å². The van der Waals surface area contributed by atoms with Crippen LogP contribution in [0.1, 0.15) is 109 Å². The second kappa shape index (κ2) is 15.7. The van der Waals surface area contributed by atoms with Crippen LogP contribution in [-0.2, 0) is 0 Å². The molecule has 0 fully saturated rings. The lowest BCUT2D eigenvalue weighted by Gasteiger charge is -2.26.